The first-order valence-corrected chi connectivity index (χ1v) is 10.7. The molecule has 3 rings (SSSR count). The Kier molecular flexibility index (Phi) is 5.56. The number of hydrogen-bond acceptors (Lipinski definition) is 3. The topological polar surface area (TPSA) is 66.5 Å². The van der Waals surface area contributed by atoms with E-state index in [0.29, 0.717) is 24.3 Å². The van der Waals surface area contributed by atoms with Crippen molar-refractivity contribution in [2.45, 2.75) is 44.9 Å². The average molecular weight is 387 g/mol. The number of rotatable bonds is 5. The fraction of sp³-hybridized carbons (Fsp3) is 0.381. The molecule has 5 nitrogen and oxygen atoms in total. The monoisotopic (exact) mass is 386 g/mol. The Labute approximate surface area is 161 Å². The standard InChI is InChI=1S/C21H26N2O3S/c1-15(2)13-21(24)22-18-9-8-17-5-4-12-23(20(17)14-18)27(25,26)19-10-6-16(3)7-11-19/h6-11,14-15H,4-5,12-13H2,1-3H3,(H,22,24). The van der Waals surface area contributed by atoms with Gasteiger partial charge in [0.05, 0.1) is 10.6 Å². The molecule has 0 spiro atoms. The number of carbonyl (C=O) groups is 1. The van der Waals surface area contributed by atoms with E-state index in [-0.39, 0.29) is 16.7 Å². The van der Waals surface area contributed by atoms with Crippen LogP contribution in [0.25, 0.3) is 0 Å². The highest BCUT2D eigenvalue weighted by Gasteiger charge is 2.29. The SMILES string of the molecule is Cc1ccc(S(=O)(=O)N2CCCc3ccc(NC(=O)CC(C)C)cc32)cc1. The lowest BCUT2D eigenvalue weighted by molar-refractivity contribution is -0.116. The van der Waals surface area contributed by atoms with Gasteiger partial charge in [0.15, 0.2) is 0 Å². The molecule has 1 aliphatic heterocycles. The quantitative estimate of drug-likeness (QED) is 0.840. The highest BCUT2D eigenvalue weighted by molar-refractivity contribution is 7.92. The zero-order valence-electron chi connectivity index (χ0n) is 16.0. The molecule has 6 heteroatoms. The summed E-state index contributed by atoms with van der Waals surface area (Å²) < 4.78 is 27.8. The Bertz CT molecular complexity index is 934. The number of carbonyl (C=O) groups excluding carboxylic acids is 1. The van der Waals surface area contributed by atoms with Crippen molar-refractivity contribution in [1.29, 1.82) is 0 Å². The number of amides is 1. The van der Waals surface area contributed by atoms with Gasteiger partial charge in [-0.05, 0) is 55.5 Å². The highest BCUT2D eigenvalue weighted by Crippen LogP contribution is 2.34. The van der Waals surface area contributed by atoms with Crippen LogP contribution in [0, 0.1) is 12.8 Å². The van der Waals surface area contributed by atoms with Crippen LogP contribution in [0.5, 0.6) is 0 Å². The third-order valence-electron chi connectivity index (χ3n) is 4.65. The largest absolute Gasteiger partial charge is 0.326 e. The summed E-state index contributed by atoms with van der Waals surface area (Å²) in [6, 6.07) is 12.4. The number of aryl methyl sites for hydroxylation is 2. The van der Waals surface area contributed by atoms with E-state index in [0.717, 1.165) is 24.0 Å². The summed E-state index contributed by atoms with van der Waals surface area (Å²) in [5, 5.41) is 2.88. The molecule has 0 saturated carbocycles. The molecule has 1 heterocycles. The first-order valence-electron chi connectivity index (χ1n) is 9.29. The second kappa shape index (κ2) is 7.72. The molecule has 0 saturated heterocycles. The van der Waals surface area contributed by atoms with Crippen molar-refractivity contribution in [1.82, 2.24) is 0 Å². The predicted molar refractivity (Wildman–Crippen MR) is 109 cm³/mol. The van der Waals surface area contributed by atoms with Crippen molar-refractivity contribution >= 4 is 27.3 Å². The molecule has 0 aliphatic carbocycles. The molecule has 2 aromatic carbocycles. The molecule has 0 radical (unpaired) electrons. The maximum atomic E-state index is 13.2. The average Bonchev–Trinajstić information content (AvgIpc) is 2.60. The Morgan fingerprint density at radius 1 is 1.15 bits per heavy atom. The number of anilines is 2. The molecule has 0 bridgehead atoms. The second-order valence-corrected chi connectivity index (χ2v) is 9.35. The first kappa shape index (κ1) is 19.4. The minimum atomic E-state index is -3.64. The minimum Gasteiger partial charge on any atom is -0.326 e. The summed E-state index contributed by atoms with van der Waals surface area (Å²) in [7, 11) is -3.64. The molecule has 0 fully saturated rings. The lowest BCUT2D eigenvalue weighted by Crippen LogP contribution is -2.35. The third kappa shape index (κ3) is 4.33. The number of benzene rings is 2. The summed E-state index contributed by atoms with van der Waals surface area (Å²) in [6.45, 7) is 6.34. The summed E-state index contributed by atoms with van der Waals surface area (Å²) in [4.78, 5) is 12.4. The Morgan fingerprint density at radius 3 is 2.52 bits per heavy atom. The fourth-order valence-electron chi connectivity index (χ4n) is 3.29. The van der Waals surface area contributed by atoms with Crippen molar-refractivity contribution < 1.29 is 13.2 Å². The molecule has 27 heavy (non-hydrogen) atoms. The number of nitrogens with one attached hydrogen (secondary N) is 1. The fourth-order valence-corrected chi connectivity index (χ4v) is 4.82. The van der Waals surface area contributed by atoms with Crippen molar-refractivity contribution in [2.24, 2.45) is 5.92 Å². The van der Waals surface area contributed by atoms with Crippen LogP contribution in [0.2, 0.25) is 0 Å². The van der Waals surface area contributed by atoms with Gasteiger partial charge in [-0.2, -0.15) is 0 Å². The van der Waals surface area contributed by atoms with Crippen LogP contribution < -0.4 is 9.62 Å². The van der Waals surface area contributed by atoms with Gasteiger partial charge in [0.25, 0.3) is 10.0 Å². The van der Waals surface area contributed by atoms with E-state index in [4.69, 9.17) is 0 Å². The molecule has 0 unspecified atom stereocenters. The van der Waals surface area contributed by atoms with Gasteiger partial charge in [0.2, 0.25) is 5.91 Å². The van der Waals surface area contributed by atoms with E-state index in [1.54, 1.807) is 30.3 Å². The van der Waals surface area contributed by atoms with Crippen LogP contribution >= 0.6 is 0 Å². The normalized spacial score (nSPS) is 14.1. The van der Waals surface area contributed by atoms with Crippen LogP contribution in [0.1, 0.15) is 37.8 Å². The maximum absolute atomic E-state index is 13.2. The molecule has 1 aliphatic rings. The summed E-state index contributed by atoms with van der Waals surface area (Å²) in [6.07, 6.45) is 2.04. The van der Waals surface area contributed by atoms with E-state index < -0.39 is 10.0 Å². The Balaban J connectivity index is 1.93. The highest BCUT2D eigenvalue weighted by atomic mass is 32.2. The molecule has 1 N–H and O–H groups in total. The summed E-state index contributed by atoms with van der Waals surface area (Å²) in [5.74, 6) is 0.203. The van der Waals surface area contributed by atoms with Gasteiger partial charge in [-0.25, -0.2) is 8.42 Å². The molecule has 144 valence electrons. The molecular weight excluding hydrogens is 360 g/mol. The molecule has 1 amide bonds. The summed E-state index contributed by atoms with van der Waals surface area (Å²) >= 11 is 0. The Morgan fingerprint density at radius 2 is 1.85 bits per heavy atom. The van der Waals surface area contributed by atoms with Crippen LogP contribution in [0.4, 0.5) is 11.4 Å². The van der Waals surface area contributed by atoms with E-state index in [9.17, 15) is 13.2 Å². The predicted octanol–water partition coefficient (Wildman–Crippen LogP) is 4.12. The smallest absolute Gasteiger partial charge is 0.264 e. The molecule has 0 atom stereocenters. The third-order valence-corrected chi connectivity index (χ3v) is 6.48. The maximum Gasteiger partial charge on any atom is 0.264 e. The lowest BCUT2D eigenvalue weighted by Gasteiger charge is -2.31. The van der Waals surface area contributed by atoms with E-state index in [2.05, 4.69) is 5.32 Å². The van der Waals surface area contributed by atoms with Crippen LogP contribution in [0.3, 0.4) is 0 Å². The van der Waals surface area contributed by atoms with Crippen molar-refractivity contribution in [2.75, 3.05) is 16.2 Å². The zero-order valence-corrected chi connectivity index (χ0v) is 16.8. The first-order chi connectivity index (χ1) is 12.8. The lowest BCUT2D eigenvalue weighted by atomic mass is 10.0. The van der Waals surface area contributed by atoms with Gasteiger partial charge >= 0.3 is 0 Å². The summed E-state index contributed by atoms with van der Waals surface area (Å²) in [5.41, 5.74) is 3.29. The van der Waals surface area contributed by atoms with Crippen LogP contribution in [-0.4, -0.2) is 20.9 Å². The van der Waals surface area contributed by atoms with Crippen molar-refractivity contribution in [3.63, 3.8) is 0 Å². The number of nitrogens with zero attached hydrogens (tertiary/aromatic N) is 1. The molecule has 2 aromatic rings. The number of hydrogen-bond donors (Lipinski definition) is 1. The van der Waals surface area contributed by atoms with E-state index in [1.807, 2.05) is 32.9 Å². The Hall–Kier alpha value is -2.34. The number of fused-ring (bicyclic) bond motifs is 1. The van der Waals surface area contributed by atoms with Gasteiger partial charge < -0.3 is 5.32 Å². The van der Waals surface area contributed by atoms with Gasteiger partial charge in [0.1, 0.15) is 0 Å². The van der Waals surface area contributed by atoms with Gasteiger partial charge in [-0.3, -0.25) is 9.10 Å². The molecule has 0 aromatic heterocycles. The van der Waals surface area contributed by atoms with Gasteiger partial charge in [-0.1, -0.05) is 37.6 Å². The zero-order chi connectivity index (χ0) is 19.6. The minimum absolute atomic E-state index is 0.0614. The van der Waals surface area contributed by atoms with Crippen LogP contribution in [0.15, 0.2) is 47.4 Å². The van der Waals surface area contributed by atoms with E-state index >= 15 is 0 Å². The number of sulfonamides is 1. The second-order valence-electron chi connectivity index (χ2n) is 7.48. The van der Waals surface area contributed by atoms with Crippen molar-refractivity contribution in [3.8, 4) is 0 Å². The molecular formula is C21H26N2O3S. The van der Waals surface area contributed by atoms with E-state index in [1.165, 1.54) is 4.31 Å². The van der Waals surface area contributed by atoms with Crippen molar-refractivity contribution in [3.05, 3.63) is 53.6 Å². The van der Waals surface area contributed by atoms with Gasteiger partial charge in [-0.15, -0.1) is 0 Å². The van der Waals surface area contributed by atoms with Gasteiger partial charge in [0, 0.05) is 18.7 Å². The van der Waals surface area contributed by atoms with Crippen LogP contribution in [-0.2, 0) is 21.2 Å².